The second kappa shape index (κ2) is 6.21. The van der Waals surface area contributed by atoms with E-state index in [0.717, 1.165) is 4.47 Å². The zero-order valence-electron chi connectivity index (χ0n) is 9.91. The third-order valence-corrected chi connectivity index (χ3v) is 2.92. The summed E-state index contributed by atoms with van der Waals surface area (Å²) in [5, 5.41) is 0.497. The fourth-order valence-corrected chi connectivity index (χ4v) is 2.06. The average molecular weight is 322 g/mol. The molecule has 0 aliphatic carbocycles. The highest BCUT2D eigenvalue weighted by Crippen LogP contribution is 2.27. The van der Waals surface area contributed by atoms with E-state index in [9.17, 15) is 4.79 Å². The summed E-state index contributed by atoms with van der Waals surface area (Å²) in [6.45, 7) is 4.05. The van der Waals surface area contributed by atoms with Crippen LogP contribution < -0.4 is 4.90 Å². The summed E-state index contributed by atoms with van der Waals surface area (Å²) in [6, 6.07) is 1.84. The lowest BCUT2D eigenvalue weighted by molar-refractivity contribution is -0.139. The molecule has 0 saturated heterocycles. The highest BCUT2D eigenvalue weighted by Gasteiger charge is 2.19. The molecule has 0 saturated carbocycles. The van der Waals surface area contributed by atoms with Crippen LogP contribution in [0.5, 0.6) is 0 Å². The predicted octanol–water partition coefficient (Wildman–Crippen LogP) is 2.89. The van der Waals surface area contributed by atoms with Crippen molar-refractivity contribution >= 4 is 39.3 Å². The van der Waals surface area contributed by atoms with Crippen LogP contribution in [0.4, 0.5) is 5.82 Å². The lowest BCUT2D eigenvalue weighted by atomic mass is 10.3. The maximum Gasteiger partial charge on any atom is 0.325 e. The first-order chi connectivity index (χ1) is 7.95. The Labute approximate surface area is 114 Å². The number of halogens is 2. The van der Waals surface area contributed by atoms with Gasteiger partial charge in [-0.15, -0.1) is 0 Å². The van der Waals surface area contributed by atoms with Gasteiger partial charge in [0.2, 0.25) is 0 Å². The van der Waals surface area contributed by atoms with Gasteiger partial charge in [0.15, 0.2) is 0 Å². The summed E-state index contributed by atoms with van der Waals surface area (Å²) >= 11 is 9.40. The van der Waals surface area contributed by atoms with Crippen LogP contribution >= 0.6 is 27.5 Å². The molecule has 6 heteroatoms. The van der Waals surface area contributed by atoms with Gasteiger partial charge in [0.25, 0.3) is 0 Å². The third kappa shape index (κ3) is 3.85. The molecule has 0 aromatic carbocycles. The van der Waals surface area contributed by atoms with Crippen molar-refractivity contribution in [3.63, 3.8) is 0 Å². The molecule has 0 aliphatic rings. The number of esters is 1. The quantitative estimate of drug-likeness (QED) is 0.800. The topological polar surface area (TPSA) is 42.4 Å². The Hall–Kier alpha value is -0.810. The molecule has 0 aliphatic heterocycles. The molecule has 17 heavy (non-hydrogen) atoms. The summed E-state index contributed by atoms with van der Waals surface area (Å²) in [5.74, 6) is 0.259. The van der Waals surface area contributed by atoms with Crippen LogP contribution in [-0.2, 0) is 9.53 Å². The van der Waals surface area contributed by atoms with Crippen molar-refractivity contribution in [3.8, 4) is 0 Å². The number of carbonyl (C=O) groups excluding carboxylic acids is 1. The minimum atomic E-state index is -0.320. The third-order valence-electron chi connectivity index (χ3n) is 2.21. The van der Waals surface area contributed by atoms with Crippen molar-refractivity contribution in [2.75, 3.05) is 18.6 Å². The number of aromatic nitrogens is 1. The number of rotatable bonds is 4. The van der Waals surface area contributed by atoms with Gasteiger partial charge >= 0.3 is 5.97 Å². The zero-order valence-corrected chi connectivity index (χ0v) is 12.2. The second-order valence-electron chi connectivity index (χ2n) is 3.76. The summed E-state index contributed by atoms with van der Waals surface area (Å²) < 4.78 is 5.45. The van der Waals surface area contributed by atoms with Gasteiger partial charge in [-0.3, -0.25) is 4.79 Å². The molecule has 0 N–H and O–H groups in total. The van der Waals surface area contributed by atoms with Gasteiger partial charge in [-0.25, -0.2) is 4.98 Å². The number of nitrogens with zero attached hydrogens (tertiary/aromatic N) is 2. The first-order valence-corrected chi connectivity index (χ1v) is 6.27. The Balaban J connectivity index is 3.01. The Bertz CT molecular complexity index is 412. The standard InChI is InChI=1S/C11H14BrClN2O2/c1-7(2)15(6-10(16)17-3)11-9(13)4-8(12)5-14-11/h4-5,7H,6H2,1-3H3. The maximum absolute atomic E-state index is 11.3. The number of carbonyl (C=O) groups is 1. The fraction of sp³-hybridized carbons (Fsp3) is 0.455. The number of pyridine rings is 1. The van der Waals surface area contributed by atoms with Gasteiger partial charge in [-0.05, 0) is 35.8 Å². The van der Waals surface area contributed by atoms with E-state index >= 15 is 0 Å². The van der Waals surface area contributed by atoms with Crippen LogP contribution in [0.25, 0.3) is 0 Å². The normalized spacial score (nSPS) is 10.5. The van der Waals surface area contributed by atoms with E-state index in [0.29, 0.717) is 10.8 Å². The van der Waals surface area contributed by atoms with Crippen LogP contribution in [0, 0.1) is 0 Å². The largest absolute Gasteiger partial charge is 0.468 e. The molecule has 1 rings (SSSR count). The van der Waals surface area contributed by atoms with Crippen molar-refractivity contribution in [1.82, 2.24) is 4.98 Å². The summed E-state index contributed by atoms with van der Waals surface area (Å²) in [4.78, 5) is 17.4. The van der Waals surface area contributed by atoms with Gasteiger partial charge < -0.3 is 9.64 Å². The van der Waals surface area contributed by atoms with Crippen LogP contribution in [0.1, 0.15) is 13.8 Å². The van der Waals surface area contributed by atoms with Gasteiger partial charge in [0, 0.05) is 16.7 Å². The van der Waals surface area contributed by atoms with E-state index in [2.05, 4.69) is 25.7 Å². The summed E-state index contributed by atoms with van der Waals surface area (Å²) in [6.07, 6.45) is 1.65. The van der Waals surface area contributed by atoms with Crippen LogP contribution in [0.3, 0.4) is 0 Å². The van der Waals surface area contributed by atoms with Gasteiger partial charge in [-0.1, -0.05) is 11.6 Å². The van der Waals surface area contributed by atoms with E-state index < -0.39 is 0 Å². The second-order valence-corrected chi connectivity index (χ2v) is 5.08. The highest BCUT2D eigenvalue weighted by atomic mass is 79.9. The molecule has 1 aromatic heterocycles. The highest BCUT2D eigenvalue weighted by molar-refractivity contribution is 9.10. The Morgan fingerprint density at radius 2 is 2.29 bits per heavy atom. The number of methoxy groups -OCH3 is 1. The van der Waals surface area contributed by atoms with Crippen molar-refractivity contribution < 1.29 is 9.53 Å². The molecule has 4 nitrogen and oxygen atoms in total. The number of hydrogen-bond donors (Lipinski definition) is 0. The van der Waals surface area contributed by atoms with Crippen LogP contribution in [0.2, 0.25) is 5.02 Å². The summed E-state index contributed by atoms with van der Waals surface area (Å²) in [5.41, 5.74) is 0. The van der Waals surface area contributed by atoms with Crippen LogP contribution in [0.15, 0.2) is 16.7 Å². The SMILES string of the molecule is COC(=O)CN(c1ncc(Br)cc1Cl)C(C)C. The van der Waals surface area contributed by atoms with Crippen molar-refractivity contribution in [2.24, 2.45) is 0 Å². The molecule has 0 amide bonds. The molecule has 94 valence electrons. The molecular formula is C11H14BrClN2O2. The van der Waals surface area contributed by atoms with E-state index in [1.54, 1.807) is 17.2 Å². The predicted molar refractivity (Wildman–Crippen MR) is 71.4 cm³/mol. The molecule has 1 heterocycles. The molecule has 0 radical (unpaired) electrons. The van der Waals surface area contributed by atoms with E-state index in [4.69, 9.17) is 11.6 Å². The monoisotopic (exact) mass is 320 g/mol. The Morgan fingerprint density at radius 1 is 1.65 bits per heavy atom. The van der Waals surface area contributed by atoms with Crippen molar-refractivity contribution in [2.45, 2.75) is 19.9 Å². The first kappa shape index (κ1) is 14.3. The van der Waals surface area contributed by atoms with E-state index in [-0.39, 0.29) is 18.6 Å². The van der Waals surface area contributed by atoms with Gasteiger partial charge in [0.05, 0.1) is 12.1 Å². The minimum absolute atomic E-state index is 0.0975. The number of ether oxygens (including phenoxy) is 1. The van der Waals surface area contributed by atoms with Gasteiger partial charge in [-0.2, -0.15) is 0 Å². The lowest BCUT2D eigenvalue weighted by Gasteiger charge is -2.27. The summed E-state index contributed by atoms with van der Waals surface area (Å²) in [7, 11) is 1.36. The Morgan fingerprint density at radius 3 is 2.76 bits per heavy atom. The van der Waals surface area contributed by atoms with Crippen molar-refractivity contribution in [1.29, 1.82) is 0 Å². The average Bonchev–Trinajstić information content (AvgIpc) is 2.26. The van der Waals surface area contributed by atoms with Crippen molar-refractivity contribution in [3.05, 3.63) is 21.8 Å². The molecule has 0 spiro atoms. The lowest BCUT2D eigenvalue weighted by Crippen LogP contribution is -2.37. The van der Waals surface area contributed by atoms with Gasteiger partial charge in [0.1, 0.15) is 12.4 Å². The first-order valence-electron chi connectivity index (χ1n) is 5.10. The smallest absolute Gasteiger partial charge is 0.325 e. The molecule has 0 unspecified atom stereocenters. The molecule has 0 atom stereocenters. The molecule has 1 aromatic rings. The van der Waals surface area contributed by atoms with E-state index in [1.807, 2.05) is 13.8 Å². The zero-order chi connectivity index (χ0) is 13.0. The minimum Gasteiger partial charge on any atom is -0.468 e. The number of hydrogen-bond acceptors (Lipinski definition) is 4. The maximum atomic E-state index is 11.3. The molecule has 0 bridgehead atoms. The number of anilines is 1. The molecular weight excluding hydrogens is 307 g/mol. The fourth-order valence-electron chi connectivity index (χ4n) is 1.32. The van der Waals surface area contributed by atoms with Crippen LogP contribution in [-0.4, -0.2) is 30.6 Å². The van der Waals surface area contributed by atoms with E-state index in [1.165, 1.54) is 7.11 Å². The Kier molecular flexibility index (Phi) is 5.21. The molecule has 0 fully saturated rings.